The van der Waals surface area contributed by atoms with Crippen molar-refractivity contribution < 1.29 is 57.1 Å². The topological polar surface area (TPSA) is 0 Å². The summed E-state index contributed by atoms with van der Waals surface area (Å²) in [6, 6.07) is 0. The van der Waals surface area contributed by atoms with Gasteiger partial charge in [0.05, 0.1) is 3.38 Å². The van der Waals surface area contributed by atoms with Crippen molar-refractivity contribution in [2.24, 2.45) is 0 Å². The summed E-state index contributed by atoms with van der Waals surface area (Å²) in [5.74, 6) is -36.7. The molecule has 0 aliphatic heterocycles. The Morgan fingerprint density at radius 2 is 0.913 bits per heavy atom. The third-order valence-electron chi connectivity index (χ3n) is 2.41. The second-order valence-corrected chi connectivity index (χ2v) is 6.86. The molecule has 0 spiro atoms. The van der Waals surface area contributed by atoms with E-state index >= 15 is 0 Å². The molecule has 0 unspecified atom stereocenters. The molecule has 23 heavy (non-hydrogen) atoms. The number of alkyl halides is 15. The van der Waals surface area contributed by atoms with E-state index in [0.29, 0.717) is 0 Å². The monoisotopic (exact) mass is 508 g/mol. The quantitative estimate of drug-likeness (QED) is 0.231. The van der Waals surface area contributed by atoms with Crippen molar-refractivity contribution in [1.82, 2.24) is 0 Å². The predicted molar refractivity (Wildman–Crippen MR) is 59.1 cm³/mol. The van der Waals surface area contributed by atoms with E-state index in [1.54, 1.807) is 0 Å². The standard InChI is InChI=1S/C8H3ClF13I/c9-2(23)1-3(10,11)4(12,13)5(14,15)6(16,17)7(18,19)8(20,21)22/h2H,1H2/t2-/m1/s1. The Morgan fingerprint density at radius 3 is 1.17 bits per heavy atom. The molecule has 0 radical (unpaired) electrons. The maximum atomic E-state index is 13.0. The molecule has 0 aliphatic carbocycles. The molecule has 0 rings (SSSR count). The highest BCUT2D eigenvalue weighted by Gasteiger charge is 2.90. The summed E-state index contributed by atoms with van der Waals surface area (Å²) in [4.78, 5) is 0. The molecule has 0 saturated carbocycles. The molecular formula is C8H3ClF13I. The summed E-state index contributed by atoms with van der Waals surface area (Å²) in [7, 11) is 0. The number of rotatable bonds is 6. The number of hydrogen-bond donors (Lipinski definition) is 0. The van der Waals surface area contributed by atoms with Gasteiger partial charge in [0.15, 0.2) is 0 Å². The van der Waals surface area contributed by atoms with Gasteiger partial charge >= 0.3 is 35.8 Å². The highest BCUT2D eigenvalue weighted by molar-refractivity contribution is 14.1. The summed E-state index contributed by atoms with van der Waals surface area (Å²) < 4.78 is 161. The highest BCUT2D eigenvalue weighted by Crippen LogP contribution is 2.60. The van der Waals surface area contributed by atoms with Gasteiger partial charge in [0.1, 0.15) is 0 Å². The minimum atomic E-state index is -7.86. The van der Waals surface area contributed by atoms with Gasteiger partial charge < -0.3 is 0 Å². The lowest BCUT2D eigenvalue weighted by Gasteiger charge is -2.39. The lowest BCUT2D eigenvalue weighted by Crippen LogP contribution is -2.70. The molecule has 0 fully saturated rings. The first-order chi connectivity index (χ1) is 9.67. The van der Waals surface area contributed by atoms with E-state index < -0.39 is 45.6 Å². The van der Waals surface area contributed by atoms with E-state index in [1.807, 2.05) is 0 Å². The molecule has 0 aromatic heterocycles. The normalized spacial score (nSPS) is 17.3. The highest BCUT2D eigenvalue weighted by atomic mass is 127. The van der Waals surface area contributed by atoms with Gasteiger partial charge in [-0.1, -0.05) is 22.6 Å². The van der Waals surface area contributed by atoms with Crippen LogP contribution in [0, 0.1) is 0 Å². The zero-order valence-electron chi connectivity index (χ0n) is 9.95. The summed E-state index contributed by atoms with van der Waals surface area (Å²) in [6.07, 6.45) is -9.80. The Labute approximate surface area is 137 Å². The number of hydrogen-bond acceptors (Lipinski definition) is 0. The van der Waals surface area contributed by atoms with Gasteiger partial charge in [-0.2, -0.15) is 57.1 Å². The molecule has 140 valence electrons. The fraction of sp³-hybridized carbons (Fsp3) is 1.00. The molecule has 0 heterocycles. The van der Waals surface area contributed by atoms with Crippen LogP contribution in [0.2, 0.25) is 0 Å². The van der Waals surface area contributed by atoms with Crippen molar-refractivity contribution >= 4 is 34.2 Å². The van der Waals surface area contributed by atoms with Crippen molar-refractivity contribution in [3.05, 3.63) is 0 Å². The Hall–Kier alpha value is 0.110. The molecule has 0 N–H and O–H groups in total. The van der Waals surface area contributed by atoms with Crippen molar-refractivity contribution in [2.75, 3.05) is 0 Å². The van der Waals surface area contributed by atoms with Gasteiger partial charge in [-0.25, -0.2) is 0 Å². The van der Waals surface area contributed by atoms with Crippen LogP contribution in [-0.4, -0.2) is 39.2 Å². The molecule has 0 bridgehead atoms. The van der Waals surface area contributed by atoms with Crippen LogP contribution in [0.25, 0.3) is 0 Å². The van der Waals surface area contributed by atoms with Crippen molar-refractivity contribution in [3.63, 3.8) is 0 Å². The molecule has 0 amide bonds. The summed E-state index contributed by atoms with van der Waals surface area (Å²) in [6.45, 7) is 0. The fourth-order valence-electron chi connectivity index (χ4n) is 1.12. The summed E-state index contributed by atoms with van der Waals surface area (Å²) >= 11 is 5.59. The second-order valence-electron chi connectivity index (χ2n) is 4.09. The zero-order chi connectivity index (χ0) is 19.3. The first-order valence-corrected chi connectivity index (χ1v) is 6.59. The van der Waals surface area contributed by atoms with Gasteiger partial charge in [0, 0.05) is 6.42 Å². The fourth-order valence-corrected chi connectivity index (χ4v) is 1.87. The first kappa shape index (κ1) is 23.1. The van der Waals surface area contributed by atoms with Gasteiger partial charge in [-0.15, -0.1) is 11.6 Å². The SMILES string of the molecule is FC(F)(F)C(F)(F)C(F)(F)C(F)(F)C(F)(F)C(F)(F)C[C@H](Cl)I. The average Bonchev–Trinajstić information content (AvgIpc) is 2.24. The van der Waals surface area contributed by atoms with Gasteiger partial charge in [-0.3, -0.25) is 0 Å². The Bertz CT molecular complexity index is 426. The second kappa shape index (κ2) is 6.12. The van der Waals surface area contributed by atoms with E-state index in [9.17, 15) is 57.1 Å². The third-order valence-corrected chi connectivity index (χ3v) is 3.00. The predicted octanol–water partition coefficient (Wildman–Crippen LogP) is 6.12. The van der Waals surface area contributed by atoms with Gasteiger partial charge in [0.25, 0.3) is 0 Å². The smallest absolute Gasteiger partial charge is 0.200 e. The Balaban J connectivity index is 6.14. The Morgan fingerprint density at radius 1 is 0.609 bits per heavy atom. The molecule has 0 saturated heterocycles. The van der Waals surface area contributed by atoms with Crippen LogP contribution in [0.5, 0.6) is 0 Å². The zero-order valence-corrected chi connectivity index (χ0v) is 12.9. The molecule has 0 aliphatic rings. The third kappa shape index (κ3) is 3.56. The van der Waals surface area contributed by atoms with Crippen LogP contribution in [0.4, 0.5) is 57.1 Å². The Kier molecular flexibility index (Phi) is 6.15. The van der Waals surface area contributed by atoms with Gasteiger partial charge in [0.2, 0.25) is 0 Å². The van der Waals surface area contributed by atoms with E-state index in [4.69, 9.17) is 11.6 Å². The summed E-state index contributed by atoms with van der Waals surface area (Å²) in [5, 5.41) is 0. The van der Waals surface area contributed by atoms with Crippen LogP contribution in [-0.2, 0) is 0 Å². The van der Waals surface area contributed by atoms with Crippen molar-refractivity contribution in [2.45, 2.75) is 45.6 Å². The van der Waals surface area contributed by atoms with Crippen LogP contribution < -0.4 is 0 Å². The molecule has 15 heteroatoms. The van der Waals surface area contributed by atoms with E-state index in [2.05, 4.69) is 0 Å². The summed E-state index contributed by atoms with van der Waals surface area (Å²) in [5.41, 5.74) is 0. The molecule has 0 aromatic carbocycles. The van der Waals surface area contributed by atoms with Crippen LogP contribution >= 0.6 is 34.2 Å². The van der Waals surface area contributed by atoms with Crippen LogP contribution in [0.3, 0.4) is 0 Å². The average molecular weight is 508 g/mol. The van der Waals surface area contributed by atoms with Crippen LogP contribution in [0.15, 0.2) is 0 Å². The maximum Gasteiger partial charge on any atom is 0.460 e. The lowest BCUT2D eigenvalue weighted by molar-refractivity contribution is -0.439. The van der Waals surface area contributed by atoms with E-state index in [0.717, 1.165) is 22.6 Å². The minimum absolute atomic E-state index is 0.777. The van der Waals surface area contributed by atoms with Crippen LogP contribution in [0.1, 0.15) is 6.42 Å². The van der Waals surface area contributed by atoms with Crippen molar-refractivity contribution in [1.29, 1.82) is 0 Å². The minimum Gasteiger partial charge on any atom is -0.200 e. The molecule has 1 atom stereocenters. The van der Waals surface area contributed by atoms with Crippen molar-refractivity contribution in [3.8, 4) is 0 Å². The molecule has 0 nitrogen and oxygen atoms in total. The number of halogens is 15. The lowest BCUT2D eigenvalue weighted by atomic mass is 9.93. The molecule has 0 aromatic rings. The maximum absolute atomic E-state index is 13.0. The van der Waals surface area contributed by atoms with E-state index in [-0.39, 0.29) is 0 Å². The molecular weight excluding hydrogens is 505 g/mol. The first-order valence-electron chi connectivity index (χ1n) is 4.91. The van der Waals surface area contributed by atoms with Gasteiger partial charge in [-0.05, 0) is 0 Å². The van der Waals surface area contributed by atoms with E-state index in [1.165, 1.54) is 0 Å². The largest absolute Gasteiger partial charge is 0.460 e.